The zero-order chi connectivity index (χ0) is 24.2. The van der Waals surface area contributed by atoms with Gasteiger partial charge in [0.15, 0.2) is 12.4 Å². The van der Waals surface area contributed by atoms with Crippen LogP contribution in [0, 0.1) is 0 Å². The molecule has 0 amide bonds. The van der Waals surface area contributed by atoms with Gasteiger partial charge in [-0.3, -0.25) is 0 Å². The lowest BCUT2D eigenvalue weighted by atomic mass is 9.99. The number of carbonyl (C=O) groups is 1. The Morgan fingerprint density at radius 1 is 1.18 bits per heavy atom. The highest BCUT2D eigenvalue weighted by atomic mass is 16.7. The predicted molar refractivity (Wildman–Crippen MR) is 121 cm³/mol. The minimum absolute atomic E-state index is 0.0936. The first-order valence-electron chi connectivity index (χ1n) is 11.3. The Morgan fingerprint density at radius 2 is 1.91 bits per heavy atom. The van der Waals surface area contributed by atoms with Crippen LogP contribution in [0.5, 0.6) is 5.75 Å². The Kier molecular flexibility index (Phi) is 8.49. The fourth-order valence-corrected chi connectivity index (χ4v) is 3.88. The SMILES string of the molecule is CC(C)(C)NCC(COc1ccccc1C1=CCCC1)OC1OC(C(=O)O)C(O)C(O)C1O. The third-order valence-electron chi connectivity index (χ3n) is 5.70. The van der Waals surface area contributed by atoms with Gasteiger partial charge in [-0.2, -0.15) is 0 Å². The minimum Gasteiger partial charge on any atom is -0.490 e. The second kappa shape index (κ2) is 10.9. The third-order valence-corrected chi connectivity index (χ3v) is 5.70. The van der Waals surface area contributed by atoms with Gasteiger partial charge in [-0.1, -0.05) is 24.3 Å². The van der Waals surface area contributed by atoms with Gasteiger partial charge in [0.1, 0.15) is 36.8 Å². The van der Waals surface area contributed by atoms with Crippen LogP contribution in [0.2, 0.25) is 0 Å². The number of hydrogen-bond donors (Lipinski definition) is 5. The van der Waals surface area contributed by atoms with Gasteiger partial charge in [0.25, 0.3) is 0 Å². The van der Waals surface area contributed by atoms with Crippen LogP contribution in [0.1, 0.15) is 45.6 Å². The van der Waals surface area contributed by atoms with Crippen molar-refractivity contribution in [3.05, 3.63) is 35.9 Å². The number of para-hydroxylation sites is 1. The van der Waals surface area contributed by atoms with E-state index >= 15 is 0 Å². The van der Waals surface area contributed by atoms with E-state index in [0.717, 1.165) is 24.8 Å². The highest BCUT2D eigenvalue weighted by molar-refractivity contribution is 5.73. The van der Waals surface area contributed by atoms with Crippen molar-refractivity contribution in [3.63, 3.8) is 0 Å². The lowest BCUT2D eigenvalue weighted by molar-refractivity contribution is -0.305. The Morgan fingerprint density at radius 3 is 2.55 bits per heavy atom. The predicted octanol–water partition coefficient (Wildman–Crippen LogP) is 1.30. The number of nitrogens with one attached hydrogen (secondary N) is 1. The molecule has 0 aromatic heterocycles. The average Bonchev–Trinajstić information content (AvgIpc) is 3.29. The summed E-state index contributed by atoms with van der Waals surface area (Å²) in [5, 5.41) is 42.9. The number of ether oxygens (including phenoxy) is 3. The summed E-state index contributed by atoms with van der Waals surface area (Å²) in [6.07, 6.45) is -3.58. The summed E-state index contributed by atoms with van der Waals surface area (Å²) in [5.41, 5.74) is 2.03. The van der Waals surface area contributed by atoms with Crippen LogP contribution in [-0.2, 0) is 14.3 Å². The molecule has 5 N–H and O–H groups in total. The number of aliphatic hydroxyl groups excluding tert-OH is 3. The van der Waals surface area contributed by atoms with E-state index < -0.39 is 42.8 Å². The largest absolute Gasteiger partial charge is 0.490 e. The van der Waals surface area contributed by atoms with Gasteiger partial charge in [0.2, 0.25) is 0 Å². The molecule has 1 fully saturated rings. The lowest BCUT2D eigenvalue weighted by Gasteiger charge is -2.40. The first-order chi connectivity index (χ1) is 15.6. The van der Waals surface area contributed by atoms with Gasteiger partial charge in [-0.25, -0.2) is 4.79 Å². The molecule has 0 spiro atoms. The van der Waals surface area contributed by atoms with Crippen molar-refractivity contribution in [2.75, 3.05) is 13.2 Å². The Hall–Kier alpha value is -2.01. The number of benzene rings is 1. The van der Waals surface area contributed by atoms with Gasteiger partial charge < -0.3 is 40.0 Å². The fourth-order valence-electron chi connectivity index (χ4n) is 3.88. The molecule has 9 nitrogen and oxygen atoms in total. The van der Waals surface area contributed by atoms with Crippen molar-refractivity contribution in [1.29, 1.82) is 0 Å². The fraction of sp³-hybridized carbons (Fsp3) is 0.625. The zero-order valence-corrected chi connectivity index (χ0v) is 19.3. The summed E-state index contributed by atoms with van der Waals surface area (Å²) in [6.45, 7) is 6.37. The zero-order valence-electron chi connectivity index (χ0n) is 19.3. The van der Waals surface area contributed by atoms with Crippen LogP contribution in [0.4, 0.5) is 0 Å². The average molecular weight is 466 g/mol. The highest BCUT2D eigenvalue weighted by Gasteiger charge is 2.48. The molecule has 1 saturated heterocycles. The standard InChI is InChI=1S/C24H35NO8/c1-24(2,3)25-12-15(32-23-20(28)18(26)19(27)21(33-23)22(29)30)13-31-17-11-7-6-10-16(17)14-8-4-5-9-14/h6-8,10-11,15,18-21,23,25-28H,4-5,9,12-13H2,1-3H3,(H,29,30). The number of aliphatic hydroxyl groups is 3. The monoisotopic (exact) mass is 465 g/mol. The summed E-state index contributed by atoms with van der Waals surface area (Å²) in [5.74, 6) is -0.750. The van der Waals surface area contributed by atoms with Crippen LogP contribution in [-0.4, -0.2) is 81.9 Å². The lowest BCUT2D eigenvalue weighted by Crippen LogP contribution is -2.61. The summed E-state index contributed by atoms with van der Waals surface area (Å²) < 4.78 is 17.3. The maximum absolute atomic E-state index is 11.4. The Bertz CT molecular complexity index is 836. The molecule has 1 aliphatic heterocycles. The molecule has 1 aromatic rings. The van der Waals surface area contributed by atoms with Crippen molar-refractivity contribution < 1.29 is 39.4 Å². The molecule has 0 bridgehead atoms. The molecule has 2 aliphatic rings. The topological polar surface area (TPSA) is 138 Å². The van der Waals surface area contributed by atoms with Crippen LogP contribution >= 0.6 is 0 Å². The number of carboxylic acids is 1. The van der Waals surface area contributed by atoms with Crippen molar-refractivity contribution >= 4 is 11.5 Å². The van der Waals surface area contributed by atoms with E-state index in [9.17, 15) is 25.2 Å². The number of aliphatic carboxylic acids is 1. The first-order valence-corrected chi connectivity index (χ1v) is 11.3. The quantitative estimate of drug-likeness (QED) is 0.365. The molecule has 1 aliphatic carbocycles. The summed E-state index contributed by atoms with van der Waals surface area (Å²) >= 11 is 0. The molecule has 0 radical (unpaired) electrons. The van der Waals surface area contributed by atoms with E-state index in [1.54, 1.807) is 0 Å². The summed E-state index contributed by atoms with van der Waals surface area (Å²) in [6, 6.07) is 7.75. The molecular weight excluding hydrogens is 430 g/mol. The molecule has 184 valence electrons. The molecule has 0 saturated carbocycles. The van der Waals surface area contributed by atoms with Crippen molar-refractivity contribution in [3.8, 4) is 5.75 Å². The van der Waals surface area contributed by atoms with Gasteiger partial charge in [-0.05, 0) is 51.7 Å². The van der Waals surface area contributed by atoms with Crippen molar-refractivity contribution in [1.82, 2.24) is 5.32 Å². The molecule has 6 unspecified atom stereocenters. The number of hydrogen-bond acceptors (Lipinski definition) is 8. The van der Waals surface area contributed by atoms with E-state index in [1.807, 2.05) is 45.0 Å². The number of allylic oxidation sites excluding steroid dienone is 2. The molecule has 6 atom stereocenters. The maximum Gasteiger partial charge on any atom is 0.335 e. The van der Waals surface area contributed by atoms with Crippen LogP contribution in [0.3, 0.4) is 0 Å². The second-order valence-electron chi connectivity index (χ2n) is 9.55. The van der Waals surface area contributed by atoms with Crippen LogP contribution in [0.15, 0.2) is 30.3 Å². The van der Waals surface area contributed by atoms with E-state index in [4.69, 9.17) is 14.2 Å². The van der Waals surface area contributed by atoms with E-state index in [0.29, 0.717) is 12.3 Å². The van der Waals surface area contributed by atoms with E-state index in [-0.39, 0.29) is 12.1 Å². The Labute approximate surface area is 194 Å². The van der Waals surface area contributed by atoms with Crippen molar-refractivity contribution in [2.24, 2.45) is 0 Å². The molecule has 9 heteroatoms. The molecule has 33 heavy (non-hydrogen) atoms. The molecular formula is C24H35NO8. The van der Waals surface area contributed by atoms with Crippen molar-refractivity contribution in [2.45, 2.75) is 82.4 Å². The summed E-state index contributed by atoms with van der Waals surface area (Å²) in [4.78, 5) is 11.4. The minimum atomic E-state index is -1.77. The molecule has 1 aromatic carbocycles. The van der Waals surface area contributed by atoms with Gasteiger partial charge in [-0.15, -0.1) is 0 Å². The van der Waals surface area contributed by atoms with Crippen LogP contribution < -0.4 is 10.1 Å². The molecule has 3 rings (SSSR count). The normalized spacial score (nSPS) is 28.9. The maximum atomic E-state index is 11.4. The van der Waals surface area contributed by atoms with Gasteiger partial charge in [0.05, 0.1) is 0 Å². The summed E-state index contributed by atoms with van der Waals surface area (Å²) in [7, 11) is 0. The third kappa shape index (κ3) is 6.75. The smallest absolute Gasteiger partial charge is 0.335 e. The number of carboxylic acid groups (broad SMARTS) is 1. The van der Waals surface area contributed by atoms with E-state index in [1.165, 1.54) is 5.57 Å². The van der Waals surface area contributed by atoms with Gasteiger partial charge >= 0.3 is 5.97 Å². The van der Waals surface area contributed by atoms with E-state index in [2.05, 4.69) is 11.4 Å². The molecule has 1 heterocycles. The number of rotatable bonds is 9. The van der Waals surface area contributed by atoms with Gasteiger partial charge in [0, 0.05) is 17.6 Å². The van der Waals surface area contributed by atoms with Crippen LogP contribution in [0.25, 0.3) is 5.57 Å². The second-order valence-corrected chi connectivity index (χ2v) is 9.55. The first kappa shape index (κ1) is 25.6. The Balaban J connectivity index is 1.73. The highest BCUT2D eigenvalue weighted by Crippen LogP contribution is 2.34.